The molecule has 1 saturated heterocycles. The van der Waals surface area contributed by atoms with Gasteiger partial charge < -0.3 is 59.8 Å². The summed E-state index contributed by atoms with van der Waals surface area (Å²) in [5.74, 6) is -4.00. The summed E-state index contributed by atoms with van der Waals surface area (Å²) in [6, 6.07) is 6.12. The van der Waals surface area contributed by atoms with E-state index in [-0.39, 0.29) is 34.1 Å². The van der Waals surface area contributed by atoms with Gasteiger partial charge in [0.15, 0.2) is 17.3 Å². The van der Waals surface area contributed by atoms with Gasteiger partial charge in [-0.25, -0.2) is 0 Å². The van der Waals surface area contributed by atoms with Gasteiger partial charge in [0.05, 0.1) is 11.6 Å². The number of carbonyl (C=O) groups excluding carboxylic acids is 1. The van der Waals surface area contributed by atoms with E-state index in [1.54, 1.807) is 0 Å². The number of carboxylic acids is 1. The van der Waals surface area contributed by atoms with Gasteiger partial charge in [-0.3, -0.25) is 9.59 Å². The molecule has 4 rings (SSSR count). The third-order valence-corrected chi connectivity index (χ3v) is 5.89. The lowest BCUT2D eigenvalue weighted by atomic mass is 9.98. The molecule has 2 heterocycles. The molecule has 0 saturated carbocycles. The van der Waals surface area contributed by atoms with Crippen LogP contribution < -0.4 is 0 Å². The van der Waals surface area contributed by atoms with Crippen LogP contribution in [0.3, 0.4) is 0 Å². The van der Waals surface area contributed by atoms with Crippen LogP contribution in [0.2, 0.25) is 0 Å². The van der Waals surface area contributed by atoms with Gasteiger partial charge in [0.2, 0.25) is 6.29 Å². The molecule has 2 aromatic rings. The molecule has 0 amide bonds. The molecule has 204 valence electrons. The van der Waals surface area contributed by atoms with Crippen molar-refractivity contribution in [1.82, 2.24) is 0 Å². The Kier molecular flexibility index (Phi) is 7.50. The second-order valence-electron chi connectivity index (χ2n) is 8.61. The van der Waals surface area contributed by atoms with E-state index in [1.807, 2.05) is 0 Å². The molecule has 9 N–H and O–H groups in total. The van der Waals surface area contributed by atoms with Crippen molar-refractivity contribution in [2.75, 3.05) is 6.61 Å². The van der Waals surface area contributed by atoms with E-state index < -0.39 is 73.3 Å². The minimum atomic E-state index is -1.83. The van der Waals surface area contributed by atoms with Crippen LogP contribution in [0.5, 0.6) is 28.7 Å². The molecule has 6 atom stereocenters. The summed E-state index contributed by atoms with van der Waals surface area (Å²) in [7, 11) is 0. The average molecular weight is 537 g/mol. The summed E-state index contributed by atoms with van der Waals surface area (Å²) < 4.78 is 20.6. The van der Waals surface area contributed by atoms with Crippen LogP contribution >= 0.6 is 0 Å². The topological polar surface area (TPSA) is 236 Å². The molecular formula is C24H25O14+. The molecule has 0 aromatic heterocycles. The third kappa shape index (κ3) is 5.52. The molecule has 2 aliphatic rings. The number of esters is 1. The number of aromatic hydroxyl groups is 5. The van der Waals surface area contributed by atoms with E-state index in [2.05, 4.69) is 4.74 Å². The zero-order valence-electron chi connectivity index (χ0n) is 19.4. The Morgan fingerprint density at radius 1 is 0.921 bits per heavy atom. The lowest BCUT2D eigenvalue weighted by Gasteiger charge is -2.40. The monoisotopic (exact) mass is 537 g/mol. The van der Waals surface area contributed by atoms with Gasteiger partial charge in [0.25, 0.3) is 11.9 Å². The Balaban J connectivity index is 1.63. The summed E-state index contributed by atoms with van der Waals surface area (Å²) >= 11 is 0. The number of aliphatic hydroxyl groups excluding tert-OH is 3. The Bertz CT molecular complexity index is 1260. The molecule has 2 aliphatic heterocycles. The predicted octanol–water partition coefficient (Wildman–Crippen LogP) is -0.312. The summed E-state index contributed by atoms with van der Waals surface area (Å²) in [6.45, 7) is -0.668. The van der Waals surface area contributed by atoms with Crippen LogP contribution in [0, 0.1) is 0 Å². The number of phenolic OH excluding ortho intramolecular Hbond substituents is 4. The molecule has 6 unspecified atom stereocenters. The highest BCUT2D eigenvalue weighted by atomic mass is 16.7. The smallest absolute Gasteiger partial charge is 0.317 e. The van der Waals surface area contributed by atoms with E-state index in [1.165, 1.54) is 30.3 Å². The highest BCUT2D eigenvalue weighted by Crippen LogP contribution is 2.46. The number of aliphatic carboxylic acids is 1. The Labute approximate surface area is 213 Å². The van der Waals surface area contributed by atoms with Crippen LogP contribution in [-0.2, 0) is 23.8 Å². The highest BCUT2D eigenvalue weighted by molar-refractivity contribution is 5.90. The fourth-order valence-electron chi connectivity index (χ4n) is 3.97. The van der Waals surface area contributed by atoms with Crippen LogP contribution in [0.1, 0.15) is 23.7 Å². The van der Waals surface area contributed by atoms with Crippen LogP contribution in [-0.4, -0.2) is 94.8 Å². The summed E-state index contributed by atoms with van der Waals surface area (Å²) in [4.78, 5) is 22.2. The number of carbonyl (C=O) groups is 2. The number of ether oxygens (including phenoxy) is 4. The fourth-order valence-corrected chi connectivity index (χ4v) is 3.97. The van der Waals surface area contributed by atoms with E-state index in [0.717, 1.165) is 6.07 Å². The van der Waals surface area contributed by atoms with Crippen molar-refractivity contribution in [1.29, 1.82) is 0 Å². The fraction of sp³-hybridized carbons (Fsp3) is 0.333. The van der Waals surface area contributed by atoms with Crippen LogP contribution in [0.25, 0.3) is 6.08 Å². The van der Waals surface area contributed by atoms with Crippen LogP contribution in [0.15, 0.2) is 36.1 Å². The molecule has 0 bridgehead atoms. The Morgan fingerprint density at radius 2 is 1.66 bits per heavy atom. The summed E-state index contributed by atoms with van der Waals surface area (Å²) in [5.41, 5.74) is 0.409. The Hall–Kier alpha value is -4.24. The van der Waals surface area contributed by atoms with Gasteiger partial charge in [-0.05, 0) is 18.2 Å². The Morgan fingerprint density at radius 3 is 2.34 bits per heavy atom. The minimum Gasteiger partial charge on any atom is -0.571 e. The molecule has 0 aliphatic carbocycles. The van der Waals surface area contributed by atoms with Gasteiger partial charge in [-0.1, -0.05) is 0 Å². The lowest BCUT2D eigenvalue weighted by Crippen LogP contribution is -2.59. The SMILES string of the molecule is O=C(O)CC(=O)OCC1OC(OC2=Cc3c(O)cc(O)cc3[OH+]C2c2ccc(O)c(O)c2)C(O)C(O)C1O. The van der Waals surface area contributed by atoms with E-state index in [0.29, 0.717) is 0 Å². The number of hydrogen-bond acceptors (Lipinski definition) is 12. The van der Waals surface area contributed by atoms with Gasteiger partial charge in [0.1, 0.15) is 54.5 Å². The zero-order valence-corrected chi connectivity index (χ0v) is 19.4. The van der Waals surface area contributed by atoms with Crippen molar-refractivity contribution in [3.63, 3.8) is 0 Å². The van der Waals surface area contributed by atoms with Crippen molar-refractivity contribution in [3.8, 4) is 28.7 Å². The van der Waals surface area contributed by atoms with Gasteiger partial charge in [-0.2, -0.15) is 0 Å². The molecule has 14 heteroatoms. The zero-order chi connectivity index (χ0) is 27.7. The van der Waals surface area contributed by atoms with Crippen molar-refractivity contribution >= 4 is 18.0 Å². The van der Waals surface area contributed by atoms with Gasteiger partial charge >= 0.3 is 11.9 Å². The molecular weight excluding hydrogens is 512 g/mol. The molecule has 0 spiro atoms. The van der Waals surface area contributed by atoms with E-state index in [4.69, 9.17) is 19.3 Å². The van der Waals surface area contributed by atoms with Gasteiger partial charge in [-0.15, -0.1) is 0 Å². The molecule has 38 heavy (non-hydrogen) atoms. The number of fused-ring (bicyclic) bond motifs is 1. The van der Waals surface area contributed by atoms with Crippen molar-refractivity contribution in [2.45, 2.75) is 43.2 Å². The van der Waals surface area contributed by atoms with Crippen molar-refractivity contribution in [2.24, 2.45) is 0 Å². The molecule has 0 radical (unpaired) electrons. The first-order valence-electron chi connectivity index (χ1n) is 11.2. The summed E-state index contributed by atoms with van der Waals surface area (Å²) in [5, 5.41) is 79.7. The maximum absolute atomic E-state index is 11.6. The molecule has 1 fully saturated rings. The maximum Gasteiger partial charge on any atom is 0.317 e. The normalized spacial score (nSPS) is 26.4. The second kappa shape index (κ2) is 10.6. The first-order valence-corrected chi connectivity index (χ1v) is 11.2. The first kappa shape index (κ1) is 26.8. The standard InChI is InChI=1S/C24H24O14/c25-10-4-13(27)11-6-16(23(36-15(11)5-10)9-1-2-12(26)14(28)3-9)37-24-22(34)21(33)20(32)17(38-24)8-35-19(31)7-18(29)30/h1-6,17,20-28,32-34H,7-8H2,(H,29,30)/p+1. The number of aliphatic hydroxyl groups is 4. The number of carboxylic acid groups (broad SMARTS) is 1. The minimum absolute atomic E-state index is 0.0714. The lowest BCUT2D eigenvalue weighted by molar-refractivity contribution is -0.296. The largest absolute Gasteiger partial charge is 0.571 e. The maximum atomic E-state index is 11.6. The second-order valence-corrected chi connectivity index (χ2v) is 8.61. The third-order valence-electron chi connectivity index (χ3n) is 5.89. The van der Waals surface area contributed by atoms with Crippen molar-refractivity contribution in [3.05, 3.63) is 47.2 Å². The number of benzene rings is 2. The molecule has 2 aromatic carbocycles. The molecule has 14 nitrogen and oxygen atoms in total. The predicted molar refractivity (Wildman–Crippen MR) is 123 cm³/mol. The number of phenols is 4. The van der Waals surface area contributed by atoms with E-state index in [9.17, 15) is 45.3 Å². The number of hydrogen-bond donors (Lipinski definition) is 8. The van der Waals surface area contributed by atoms with E-state index >= 15 is 0 Å². The average Bonchev–Trinajstić information content (AvgIpc) is 2.84. The quantitative estimate of drug-likeness (QED) is 0.0980. The summed E-state index contributed by atoms with van der Waals surface area (Å²) in [6.07, 6.45) is -9.17. The van der Waals surface area contributed by atoms with Gasteiger partial charge in [0, 0.05) is 12.1 Å². The number of rotatable bonds is 7. The first-order chi connectivity index (χ1) is 17.9. The highest BCUT2D eigenvalue weighted by Gasteiger charge is 2.47. The van der Waals surface area contributed by atoms with Crippen LogP contribution in [0.4, 0.5) is 0 Å². The van der Waals surface area contributed by atoms with Crippen molar-refractivity contribution < 1.29 is 69.4 Å².